The van der Waals surface area contributed by atoms with Crippen LogP contribution in [0.4, 0.5) is 0 Å². The highest BCUT2D eigenvalue weighted by Gasteiger charge is 2.29. The van der Waals surface area contributed by atoms with Gasteiger partial charge in [-0.1, -0.05) is 64.9 Å². The normalized spacial score (nSPS) is 15.3. The molecule has 0 spiro atoms. The molecule has 0 amide bonds. The molecule has 4 heteroatoms. The van der Waals surface area contributed by atoms with Crippen LogP contribution in [-0.2, 0) is 19.1 Å². The van der Waals surface area contributed by atoms with Gasteiger partial charge >= 0.3 is 11.9 Å². The van der Waals surface area contributed by atoms with Gasteiger partial charge in [-0.3, -0.25) is 4.79 Å². The van der Waals surface area contributed by atoms with Crippen LogP contribution in [0.1, 0.15) is 78.1 Å². The fourth-order valence-electron chi connectivity index (χ4n) is 2.78. The van der Waals surface area contributed by atoms with Gasteiger partial charge in [-0.05, 0) is 18.9 Å². The maximum Gasteiger partial charge on any atom is 0.343 e. The largest absolute Gasteiger partial charge is 0.457 e. The molecule has 0 aliphatic carbocycles. The maximum absolute atomic E-state index is 11.7. The lowest BCUT2D eigenvalue weighted by atomic mass is 10.0. The summed E-state index contributed by atoms with van der Waals surface area (Å²) in [6, 6.07) is 0. The van der Waals surface area contributed by atoms with Crippen molar-refractivity contribution in [2.45, 2.75) is 84.2 Å². The summed E-state index contributed by atoms with van der Waals surface area (Å²) in [5.41, 5.74) is 0.407. The molecule has 23 heavy (non-hydrogen) atoms. The Labute approximate surface area is 139 Å². The Hall–Kier alpha value is -1.58. The first-order valence-electron chi connectivity index (χ1n) is 8.84. The molecule has 4 nitrogen and oxygen atoms in total. The van der Waals surface area contributed by atoms with Crippen molar-refractivity contribution in [3.63, 3.8) is 0 Å². The molecule has 1 aliphatic rings. The second kappa shape index (κ2) is 11.0. The van der Waals surface area contributed by atoms with E-state index >= 15 is 0 Å². The van der Waals surface area contributed by atoms with Crippen LogP contribution in [0.25, 0.3) is 0 Å². The van der Waals surface area contributed by atoms with E-state index in [1.54, 1.807) is 6.08 Å². The highest BCUT2D eigenvalue weighted by Crippen LogP contribution is 2.24. The number of hydrogen-bond acceptors (Lipinski definition) is 4. The van der Waals surface area contributed by atoms with Crippen molar-refractivity contribution in [2.24, 2.45) is 0 Å². The molecule has 0 N–H and O–H groups in total. The van der Waals surface area contributed by atoms with Gasteiger partial charge in [0.25, 0.3) is 0 Å². The molecule has 0 saturated carbocycles. The number of hydrogen-bond donors (Lipinski definition) is 0. The Bertz CT molecular complexity index is 437. The molecule has 0 aromatic heterocycles. The van der Waals surface area contributed by atoms with Crippen LogP contribution in [0.3, 0.4) is 0 Å². The second-order valence-electron chi connectivity index (χ2n) is 6.17. The zero-order valence-electron chi connectivity index (χ0n) is 14.6. The minimum absolute atomic E-state index is 0.314. The molecule has 1 aliphatic heterocycles. The number of ether oxygens (including phenoxy) is 2. The minimum atomic E-state index is -0.510. The predicted octanol–water partition coefficient (Wildman–Crippen LogP) is 4.84. The molecule has 0 saturated heterocycles. The van der Waals surface area contributed by atoms with Crippen LogP contribution >= 0.6 is 0 Å². The van der Waals surface area contributed by atoms with E-state index < -0.39 is 12.1 Å². The van der Waals surface area contributed by atoms with Crippen molar-refractivity contribution in [1.29, 1.82) is 0 Å². The Morgan fingerprint density at radius 3 is 2.17 bits per heavy atom. The number of cyclic esters (lactones) is 1. The summed E-state index contributed by atoms with van der Waals surface area (Å²) >= 11 is 0. The summed E-state index contributed by atoms with van der Waals surface area (Å²) in [4.78, 5) is 23.0. The van der Waals surface area contributed by atoms with Crippen LogP contribution in [0.2, 0.25) is 0 Å². The molecular formula is C19H30O4. The van der Waals surface area contributed by atoms with Gasteiger partial charge in [0.05, 0.1) is 5.57 Å². The van der Waals surface area contributed by atoms with E-state index in [4.69, 9.17) is 9.47 Å². The lowest BCUT2D eigenvalue weighted by Crippen LogP contribution is -2.22. The number of esters is 2. The predicted molar refractivity (Wildman–Crippen MR) is 90.7 cm³/mol. The summed E-state index contributed by atoms with van der Waals surface area (Å²) in [6.45, 7) is 7.19. The first-order valence-corrected chi connectivity index (χ1v) is 8.84. The van der Waals surface area contributed by atoms with Gasteiger partial charge in [-0.25, -0.2) is 4.79 Å². The van der Waals surface area contributed by atoms with Gasteiger partial charge in [0.2, 0.25) is 0 Å². The fourth-order valence-corrected chi connectivity index (χ4v) is 2.78. The van der Waals surface area contributed by atoms with Crippen molar-refractivity contribution in [2.75, 3.05) is 0 Å². The number of allylic oxidation sites excluding steroid dienone is 1. The van der Waals surface area contributed by atoms with Gasteiger partial charge in [0, 0.05) is 6.92 Å². The van der Waals surface area contributed by atoms with Gasteiger partial charge in [-0.2, -0.15) is 0 Å². The minimum Gasteiger partial charge on any atom is -0.457 e. The third kappa shape index (κ3) is 8.00. The average molecular weight is 322 g/mol. The standard InChI is InChI=1S/C19H30O4/c1-4-5-6-7-8-9-10-11-12-13-18(23-16(3)20)17-14-15(2)22-19(17)21/h14,18H,2,4-13H2,1,3H3. The van der Waals surface area contributed by atoms with Gasteiger partial charge in [0.15, 0.2) is 0 Å². The van der Waals surface area contributed by atoms with E-state index in [0.717, 1.165) is 12.8 Å². The monoisotopic (exact) mass is 322 g/mol. The molecule has 1 rings (SSSR count). The van der Waals surface area contributed by atoms with Gasteiger partial charge in [0.1, 0.15) is 11.9 Å². The van der Waals surface area contributed by atoms with Crippen molar-refractivity contribution < 1.29 is 19.1 Å². The lowest BCUT2D eigenvalue weighted by Gasteiger charge is -2.16. The first-order chi connectivity index (χ1) is 11.0. The summed E-state index contributed by atoms with van der Waals surface area (Å²) < 4.78 is 10.2. The molecule has 0 radical (unpaired) electrons. The van der Waals surface area contributed by atoms with Crippen molar-refractivity contribution in [3.05, 3.63) is 24.0 Å². The molecule has 0 fully saturated rings. The average Bonchev–Trinajstić information content (AvgIpc) is 2.82. The Morgan fingerprint density at radius 2 is 1.70 bits per heavy atom. The summed E-state index contributed by atoms with van der Waals surface area (Å²) in [5, 5.41) is 0. The number of unbranched alkanes of at least 4 members (excludes halogenated alkanes) is 8. The first kappa shape index (κ1) is 19.5. The molecule has 1 heterocycles. The van der Waals surface area contributed by atoms with Crippen molar-refractivity contribution in [1.82, 2.24) is 0 Å². The van der Waals surface area contributed by atoms with E-state index in [-0.39, 0.29) is 5.97 Å². The molecule has 130 valence electrons. The Morgan fingerprint density at radius 1 is 1.13 bits per heavy atom. The highest BCUT2D eigenvalue weighted by atomic mass is 16.6. The Kier molecular flexibility index (Phi) is 9.34. The van der Waals surface area contributed by atoms with E-state index in [2.05, 4.69) is 13.5 Å². The number of rotatable bonds is 12. The molecular weight excluding hydrogens is 292 g/mol. The maximum atomic E-state index is 11.7. The van der Waals surface area contributed by atoms with E-state index in [1.165, 1.54) is 51.9 Å². The van der Waals surface area contributed by atoms with Gasteiger partial charge < -0.3 is 9.47 Å². The quantitative estimate of drug-likeness (QED) is 0.381. The molecule has 0 aromatic carbocycles. The fraction of sp³-hybridized carbons (Fsp3) is 0.684. The zero-order valence-corrected chi connectivity index (χ0v) is 14.6. The second-order valence-corrected chi connectivity index (χ2v) is 6.17. The van der Waals surface area contributed by atoms with Crippen LogP contribution in [-0.4, -0.2) is 18.0 Å². The summed E-state index contributed by atoms with van der Waals surface area (Å²) in [6.07, 6.45) is 12.8. The van der Waals surface area contributed by atoms with E-state index in [1.807, 2.05) is 0 Å². The summed E-state index contributed by atoms with van der Waals surface area (Å²) in [5.74, 6) is -0.511. The smallest absolute Gasteiger partial charge is 0.343 e. The van der Waals surface area contributed by atoms with Crippen LogP contribution in [0.15, 0.2) is 24.0 Å². The van der Waals surface area contributed by atoms with E-state index in [9.17, 15) is 9.59 Å². The van der Waals surface area contributed by atoms with E-state index in [0.29, 0.717) is 17.8 Å². The van der Waals surface area contributed by atoms with Crippen LogP contribution < -0.4 is 0 Å². The number of carbonyl (C=O) groups excluding carboxylic acids is 2. The van der Waals surface area contributed by atoms with Crippen molar-refractivity contribution in [3.8, 4) is 0 Å². The molecule has 0 aromatic rings. The van der Waals surface area contributed by atoms with Crippen LogP contribution in [0, 0.1) is 0 Å². The molecule has 1 unspecified atom stereocenters. The van der Waals surface area contributed by atoms with Crippen molar-refractivity contribution >= 4 is 11.9 Å². The van der Waals surface area contributed by atoms with Gasteiger partial charge in [-0.15, -0.1) is 0 Å². The molecule has 0 bridgehead atoms. The molecule has 1 atom stereocenters. The Balaban J connectivity index is 2.25. The van der Waals surface area contributed by atoms with Crippen LogP contribution in [0.5, 0.6) is 0 Å². The number of carbonyl (C=O) groups is 2. The zero-order chi connectivity index (χ0) is 17.1. The third-order valence-electron chi connectivity index (χ3n) is 4.00. The highest BCUT2D eigenvalue weighted by molar-refractivity contribution is 5.94. The topological polar surface area (TPSA) is 52.6 Å². The lowest BCUT2D eigenvalue weighted by molar-refractivity contribution is -0.146. The third-order valence-corrected chi connectivity index (χ3v) is 4.00. The SMILES string of the molecule is C=C1C=C(C(CCCCCCCCCCC)OC(C)=O)C(=O)O1. The summed E-state index contributed by atoms with van der Waals surface area (Å²) in [7, 11) is 0.